The predicted octanol–water partition coefficient (Wildman–Crippen LogP) is 5.45. The minimum absolute atomic E-state index is 0.0898. The summed E-state index contributed by atoms with van der Waals surface area (Å²) in [6.07, 6.45) is 7.79. The van der Waals surface area contributed by atoms with E-state index in [0.717, 1.165) is 37.9 Å². The standard InChI is InChI=1S/C24H28O3/c25-24(26)23-16-20(23)14-11-17-9-12-18(13-10-17)19-5-4-8-22(15-19)27-21-6-2-1-3-7-21/h1-3,6-7,9-10,12-13,19-20,22-23H,4-5,8,11,14-16H2,(H,25,26)/t19-,20-,22+,23-/m0/s1. The number of carboxylic acids is 1. The molecule has 2 aromatic carbocycles. The van der Waals surface area contributed by atoms with Gasteiger partial charge in [-0.1, -0.05) is 42.5 Å². The summed E-state index contributed by atoms with van der Waals surface area (Å²) in [5.41, 5.74) is 2.73. The topological polar surface area (TPSA) is 46.5 Å². The average Bonchev–Trinajstić information content (AvgIpc) is 3.48. The molecular weight excluding hydrogens is 336 g/mol. The maximum atomic E-state index is 10.9. The van der Waals surface area contributed by atoms with Gasteiger partial charge < -0.3 is 9.84 Å². The van der Waals surface area contributed by atoms with Crippen molar-refractivity contribution in [3.8, 4) is 5.75 Å². The van der Waals surface area contributed by atoms with E-state index in [9.17, 15) is 4.79 Å². The first-order valence-corrected chi connectivity index (χ1v) is 10.2. The Morgan fingerprint density at radius 3 is 2.48 bits per heavy atom. The van der Waals surface area contributed by atoms with Gasteiger partial charge in [-0.2, -0.15) is 0 Å². The Morgan fingerprint density at radius 2 is 1.78 bits per heavy atom. The fourth-order valence-electron chi connectivity index (χ4n) is 4.42. The minimum atomic E-state index is -0.625. The summed E-state index contributed by atoms with van der Waals surface area (Å²) in [6, 6.07) is 19.1. The molecule has 0 unspecified atom stereocenters. The summed E-state index contributed by atoms with van der Waals surface area (Å²) in [6.45, 7) is 0. The Balaban J connectivity index is 1.29. The molecule has 4 rings (SSSR count). The third-order valence-electron chi connectivity index (χ3n) is 6.17. The van der Waals surface area contributed by atoms with E-state index in [4.69, 9.17) is 9.84 Å². The van der Waals surface area contributed by atoms with Gasteiger partial charge in [-0.05, 0) is 80.0 Å². The second kappa shape index (κ2) is 8.16. The first kappa shape index (κ1) is 18.1. The molecule has 0 saturated heterocycles. The van der Waals surface area contributed by atoms with Crippen molar-refractivity contribution < 1.29 is 14.6 Å². The number of aryl methyl sites for hydroxylation is 1. The van der Waals surface area contributed by atoms with Crippen LogP contribution in [0.4, 0.5) is 0 Å². The predicted molar refractivity (Wildman–Crippen MR) is 106 cm³/mol. The van der Waals surface area contributed by atoms with E-state index >= 15 is 0 Å². The summed E-state index contributed by atoms with van der Waals surface area (Å²) >= 11 is 0. The quantitative estimate of drug-likeness (QED) is 0.711. The van der Waals surface area contributed by atoms with Crippen LogP contribution in [0, 0.1) is 11.8 Å². The van der Waals surface area contributed by atoms with E-state index in [0.29, 0.717) is 17.9 Å². The van der Waals surface area contributed by atoms with Crippen LogP contribution in [0.2, 0.25) is 0 Å². The normalized spacial score (nSPS) is 27.1. The van der Waals surface area contributed by atoms with Gasteiger partial charge in [0.25, 0.3) is 0 Å². The third kappa shape index (κ3) is 4.71. The highest BCUT2D eigenvalue weighted by molar-refractivity contribution is 5.73. The van der Waals surface area contributed by atoms with Crippen LogP contribution in [-0.2, 0) is 11.2 Å². The molecule has 2 fully saturated rings. The van der Waals surface area contributed by atoms with Crippen molar-refractivity contribution in [2.45, 2.75) is 57.0 Å². The number of benzene rings is 2. The number of para-hydroxylation sites is 1. The van der Waals surface area contributed by atoms with E-state index in [1.165, 1.54) is 24.0 Å². The lowest BCUT2D eigenvalue weighted by Crippen LogP contribution is -2.24. The molecule has 27 heavy (non-hydrogen) atoms. The van der Waals surface area contributed by atoms with Gasteiger partial charge in [-0.3, -0.25) is 4.79 Å². The molecule has 142 valence electrons. The van der Waals surface area contributed by atoms with E-state index in [-0.39, 0.29) is 5.92 Å². The molecule has 1 N–H and O–H groups in total. The van der Waals surface area contributed by atoms with Crippen molar-refractivity contribution in [2.75, 3.05) is 0 Å². The number of ether oxygens (including phenoxy) is 1. The van der Waals surface area contributed by atoms with Crippen LogP contribution in [0.15, 0.2) is 54.6 Å². The van der Waals surface area contributed by atoms with Gasteiger partial charge in [0, 0.05) is 0 Å². The molecule has 2 saturated carbocycles. The zero-order valence-electron chi connectivity index (χ0n) is 15.7. The van der Waals surface area contributed by atoms with Crippen molar-refractivity contribution in [1.82, 2.24) is 0 Å². The summed E-state index contributed by atoms with van der Waals surface area (Å²) in [5.74, 6) is 1.21. The second-order valence-electron chi connectivity index (χ2n) is 8.14. The molecule has 2 aliphatic carbocycles. The summed E-state index contributed by atoms with van der Waals surface area (Å²) in [4.78, 5) is 10.9. The molecule has 3 nitrogen and oxygen atoms in total. The molecule has 3 heteroatoms. The van der Waals surface area contributed by atoms with E-state index in [1.807, 2.05) is 30.3 Å². The van der Waals surface area contributed by atoms with Gasteiger partial charge in [0.2, 0.25) is 0 Å². The number of rotatable bonds is 7. The zero-order chi connectivity index (χ0) is 18.6. The van der Waals surface area contributed by atoms with Crippen LogP contribution >= 0.6 is 0 Å². The Hall–Kier alpha value is -2.29. The molecule has 0 heterocycles. The number of hydrogen-bond acceptors (Lipinski definition) is 2. The number of hydrogen-bond donors (Lipinski definition) is 1. The maximum Gasteiger partial charge on any atom is 0.306 e. The second-order valence-corrected chi connectivity index (χ2v) is 8.14. The van der Waals surface area contributed by atoms with Crippen molar-refractivity contribution in [2.24, 2.45) is 11.8 Å². The largest absolute Gasteiger partial charge is 0.490 e. The molecule has 0 radical (unpaired) electrons. The molecular formula is C24H28O3. The Labute approximate surface area is 161 Å². The highest BCUT2D eigenvalue weighted by Crippen LogP contribution is 2.42. The molecule has 0 amide bonds. The van der Waals surface area contributed by atoms with Gasteiger partial charge in [0.15, 0.2) is 0 Å². The highest BCUT2D eigenvalue weighted by atomic mass is 16.5. The van der Waals surface area contributed by atoms with Crippen molar-refractivity contribution >= 4 is 5.97 Å². The fourth-order valence-corrected chi connectivity index (χ4v) is 4.42. The Bertz CT molecular complexity index is 753. The first-order valence-electron chi connectivity index (χ1n) is 10.2. The Morgan fingerprint density at radius 1 is 1.00 bits per heavy atom. The van der Waals surface area contributed by atoms with Crippen LogP contribution in [0.25, 0.3) is 0 Å². The molecule has 0 spiro atoms. The van der Waals surface area contributed by atoms with Gasteiger partial charge in [-0.15, -0.1) is 0 Å². The molecule has 4 atom stereocenters. The Kier molecular flexibility index (Phi) is 5.47. The summed E-state index contributed by atoms with van der Waals surface area (Å²) in [5, 5.41) is 9.01. The molecule has 0 bridgehead atoms. The van der Waals surface area contributed by atoms with Gasteiger partial charge in [0.05, 0.1) is 12.0 Å². The van der Waals surface area contributed by atoms with Crippen molar-refractivity contribution in [3.05, 3.63) is 65.7 Å². The lowest BCUT2D eigenvalue weighted by atomic mass is 9.82. The minimum Gasteiger partial charge on any atom is -0.490 e. The van der Waals surface area contributed by atoms with E-state index < -0.39 is 5.97 Å². The van der Waals surface area contributed by atoms with Crippen molar-refractivity contribution in [3.63, 3.8) is 0 Å². The molecule has 2 aromatic rings. The summed E-state index contributed by atoms with van der Waals surface area (Å²) < 4.78 is 6.18. The highest BCUT2D eigenvalue weighted by Gasteiger charge is 2.42. The van der Waals surface area contributed by atoms with Gasteiger partial charge >= 0.3 is 5.97 Å². The molecule has 0 aromatic heterocycles. The van der Waals surface area contributed by atoms with Crippen LogP contribution in [-0.4, -0.2) is 17.2 Å². The monoisotopic (exact) mass is 364 g/mol. The van der Waals surface area contributed by atoms with Gasteiger partial charge in [-0.25, -0.2) is 0 Å². The van der Waals surface area contributed by atoms with E-state index in [1.54, 1.807) is 0 Å². The fraction of sp³-hybridized carbons (Fsp3) is 0.458. The smallest absolute Gasteiger partial charge is 0.306 e. The average molecular weight is 364 g/mol. The van der Waals surface area contributed by atoms with E-state index in [2.05, 4.69) is 24.3 Å². The zero-order valence-corrected chi connectivity index (χ0v) is 15.7. The number of carboxylic acid groups (broad SMARTS) is 1. The van der Waals surface area contributed by atoms with Crippen LogP contribution in [0.5, 0.6) is 5.75 Å². The lowest BCUT2D eigenvalue weighted by molar-refractivity contribution is -0.138. The maximum absolute atomic E-state index is 10.9. The third-order valence-corrected chi connectivity index (χ3v) is 6.17. The number of carbonyl (C=O) groups is 1. The van der Waals surface area contributed by atoms with Crippen LogP contribution < -0.4 is 4.74 Å². The van der Waals surface area contributed by atoms with Crippen LogP contribution in [0.1, 0.15) is 55.6 Å². The number of aliphatic carboxylic acids is 1. The lowest BCUT2D eigenvalue weighted by Gasteiger charge is -2.30. The molecule has 0 aliphatic heterocycles. The van der Waals surface area contributed by atoms with Crippen LogP contribution in [0.3, 0.4) is 0 Å². The van der Waals surface area contributed by atoms with Gasteiger partial charge in [0.1, 0.15) is 5.75 Å². The molecule has 2 aliphatic rings. The van der Waals surface area contributed by atoms with Crippen molar-refractivity contribution in [1.29, 1.82) is 0 Å². The first-order chi connectivity index (χ1) is 13.2. The summed E-state index contributed by atoms with van der Waals surface area (Å²) in [7, 11) is 0. The SMILES string of the molecule is O=C(O)[C@H]1C[C@@H]1CCc1ccc([C@H]2CCC[C@@H](Oc3ccccc3)C2)cc1.